The normalized spacial score (nSPS) is 31.2. The Kier molecular flexibility index (Phi) is 3.95. The van der Waals surface area contributed by atoms with Gasteiger partial charge in [0, 0.05) is 18.4 Å². The molecule has 3 rings (SSSR count). The van der Waals surface area contributed by atoms with Gasteiger partial charge >= 0.3 is 5.97 Å². The molecule has 0 amide bonds. The Morgan fingerprint density at radius 2 is 2.05 bits per heavy atom. The molecule has 0 N–H and O–H groups in total. The van der Waals surface area contributed by atoms with Gasteiger partial charge in [0.2, 0.25) is 0 Å². The summed E-state index contributed by atoms with van der Waals surface area (Å²) >= 11 is 0. The zero-order valence-corrected chi connectivity index (χ0v) is 12.3. The van der Waals surface area contributed by atoms with Crippen LogP contribution >= 0.6 is 0 Å². The third kappa shape index (κ3) is 2.68. The summed E-state index contributed by atoms with van der Waals surface area (Å²) in [7, 11) is 0. The number of Topliss-reactive ketones (excluding diaryl/α,β-unsaturated/α-hetero) is 1. The number of hydrogen-bond acceptors (Lipinski definition) is 3. The summed E-state index contributed by atoms with van der Waals surface area (Å²) in [5.41, 5.74) is 0.937. The van der Waals surface area contributed by atoms with Crippen LogP contribution in [0.1, 0.15) is 58.3 Å². The van der Waals surface area contributed by atoms with Crippen LogP contribution in [0.15, 0.2) is 11.6 Å². The van der Waals surface area contributed by atoms with Crippen molar-refractivity contribution >= 4 is 11.8 Å². The summed E-state index contributed by atoms with van der Waals surface area (Å²) in [4.78, 5) is 23.7. The molecule has 3 unspecified atom stereocenters. The second-order valence-electron chi connectivity index (χ2n) is 6.62. The minimum atomic E-state index is -0.0825. The fourth-order valence-electron chi connectivity index (χ4n) is 4.13. The van der Waals surface area contributed by atoms with Crippen LogP contribution in [0.2, 0.25) is 0 Å². The van der Waals surface area contributed by atoms with Gasteiger partial charge in [0.15, 0.2) is 0 Å². The molecule has 110 valence electrons. The summed E-state index contributed by atoms with van der Waals surface area (Å²) in [6, 6.07) is 0. The minimum absolute atomic E-state index is 0.00405. The first-order valence-corrected chi connectivity index (χ1v) is 8.11. The molecule has 2 saturated carbocycles. The Bertz CT molecular complexity index is 428. The van der Waals surface area contributed by atoms with E-state index in [9.17, 15) is 9.59 Å². The van der Waals surface area contributed by atoms with Crippen LogP contribution in [0.5, 0.6) is 0 Å². The molecule has 0 aliphatic heterocycles. The van der Waals surface area contributed by atoms with Gasteiger partial charge in [-0.05, 0) is 56.3 Å². The van der Waals surface area contributed by atoms with E-state index in [2.05, 4.69) is 13.0 Å². The molecule has 2 bridgehead atoms. The zero-order valence-electron chi connectivity index (χ0n) is 12.3. The summed E-state index contributed by atoms with van der Waals surface area (Å²) in [6.45, 7) is 2.07. The number of hydrogen-bond donors (Lipinski definition) is 0. The highest BCUT2D eigenvalue weighted by molar-refractivity contribution is 5.90. The number of esters is 1. The maximum absolute atomic E-state index is 12.4. The van der Waals surface area contributed by atoms with Gasteiger partial charge in [0.05, 0.1) is 0 Å². The smallest absolute Gasteiger partial charge is 0.334 e. The molecule has 0 aromatic heterocycles. The lowest BCUT2D eigenvalue weighted by molar-refractivity contribution is -0.148. The van der Waals surface area contributed by atoms with Gasteiger partial charge in [-0.25, -0.2) is 4.79 Å². The van der Waals surface area contributed by atoms with E-state index >= 15 is 0 Å². The quantitative estimate of drug-likeness (QED) is 0.739. The Labute approximate surface area is 120 Å². The maximum Gasteiger partial charge on any atom is 0.334 e. The molecule has 2 fully saturated rings. The highest BCUT2D eigenvalue weighted by Crippen LogP contribution is 2.44. The number of ether oxygens (including phenoxy) is 1. The van der Waals surface area contributed by atoms with E-state index in [0.29, 0.717) is 36.4 Å². The van der Waals surface area contributed by atoms with Gasteiger partial charge in [-0.15, -0.1) is 0 Å². The van der Waals surface area contributed by atoms with Crippen LogP contribution in [0.4, 0.5) is 0 Å². The van der Waals surface area contributed by atoms with Crippen LogP contribution in [-0.4, -0.2) is 17.9 Å². The average molecular weight is 276 g/mol. The number of allylic oxidation sites excluding steroid dienone is 1. The van der Waals surface area contributed by atoms with Crippen molar-refractivity contribution in [3.63, 3.8) is 0 Å². The molecule has 0 aromatic rings. The first-order valence-electron chi connectivity index (χ1n) is 8.11. The highest BCUT2D eigenvalue weighted by atomic mass is 16.5. The summed E-state index contributed by atoms with van der Waals surface area (Å²) in [5, 5.41) is 0. The van der Waals surface area contributed by atoms with Crippen LogP contribution in [0.3, 0.4) is 0 Å². The fraction of sp³-hybridized carbons (Fsp3) is 0.765. The van der Waals surface area contributed by atoms with Crippen LogP contribution in [0, 0.1) is 17.8 Å². The van der Waals surface area contributed by atoms with Gasteiger partial charge in [-0.3, -0.25) is 4.79 Å². The Morgan fingerprint density at radius 1 is 1.30 bits per heavy atom. The van der Waals surface area contributed by atoms with E-state index < -0.39 is 0 Å². The molecule has 0 heterocycles. The van der Waals surface area contributed by atoms with E-state index in [1.807, 2.05) is 0 Å². The van der Waals surface area contributed by atoms with Crippen LogP contribution in [-0.2, 0) is 14.3 Å². The standard InChI is InChI=1S/C17H24O3/c1-2-16(12-5-7-14(18)8-6-12)20-17(19)15-10-11-3-4-13(15)9-11/h10-13,16H,2-9H2,1H3. The first kappa shape index (κ1) is 13.8. The van der Waals surface area contributed by atoms with Crippen molar-refractivity contribution in [2.24, 2.45) is 17.8 Å². The van der Waals surface area contributed by atoms with Crippen molar-refractivity contribution in [3.05, 3.63) is 11.6 Å². The first-order chi connectivity index (χ1) is 9.67. The number of ketones is 1. The molecule has 3 nitrogen and oxygen atoms in total. The van der Waals surface area contributed by atoms with Crippen molar-refractivity contribution < 1.29 is 14.3 Å². The fourth-order valence-corrected chi connectivity index (χ4v) is 4.13. The molecule has 3 aliphatic rings. The molecular formula is C17H24O3. The second kappa shape index (κ2) is 5.71. The van der Waals surface area contributed by atoms with E-state index in [-0.39, 0.29) is 12.1 Å². The number of carbonyl (C=O) groups excluding carboxylic acids is 2. The SMILES string of the molecule is CCC(OC(=O)C1=CC2CCC1C2)C1CCC(=O)CC1. The lowest BCUT2D eigenvalue weighted by Gasteiger charge is -2.29. The van der Waals surface area contributed by atoms with Crippen molar-refractivity contribution in [2.45, 2.75) is 64.4 Å². The van der Waals surface area contributed by atoms with Crippen LogP contribution in [0.25, 0.3) is 0 Å². The molecule has 0 aromatic carbocycles. The molecule has 0 spiro atoms. The number of rotatable bonds is 4. The average Bonchev–Trinajstić information content (AvgIpc) is 3.08. The van der Waals surface area contributed by atoms with E-state index in [1.54, 1.807) is 0 Å². The molecular weight excluding hydrogens is 252 g/mol. The summed E-state index contributed by atoms with van der Waals surface area (Å²) < 4.78 is 5.79. The molecule has 0 saturated heterocycles. The van der Waals surface area contributed by atoms with Crippen LogP contribution < -0.4 is 0 Å². The van der Waals surface area contributed by atoms with Gasteiger partial charge in [-0.2, -0.15) is 0 Å². The van der Waals surface area contributed by atoms with Gasteiger partial charge in [-0.1, -0.05) is 13.0 Å². The van der Waals surface area contributed by atoms with E-state index in [0.717, 1.165) is 37.7 Å². The Hall–Kier alpha value is -1.12. The Balaban J connectivity index is 1.59. The number of carbonyl (C=O) groups is 2. The third-order valence-corrected chi connectivity index (χ3v) is 5.34. The van der Waals surface area contributed by atoms with Gasteiger partial charge < -0.3 is 4.74 Å². The lowest BCUT2D eigenvalue weighted by atomic mass is 9.83. The molecule has 3 aliphatic carbocycles. The van der Waals surface area contributed by atoms with Gasteiger partial charge in [0.1, 0.15) is 11.9 Å². The van der Waals surface area contributed by atoms with Gasteiger partial charge in [0.25, 0.3) is 0 Å². The predicted octanol–water partition coefficient (Wildman–Crippen LogP) is 3.42. The molecule has 3 atom stereocenters. The lowest BCUT2D eigenvalue weighted by Crippen LogP contribution is -2.31. The van der Waals surface area contributed by atoms with Crippen molar-refractivity contribution in [3.8, 4) is 0 Å². The maximum atomic E-state index is 12.4. The highest BCUT2D eigenvalue weighted by Gasteiger charge is 2.38. The Morgan fingerprint density at radius 3 is 2.60 bits per heavy atom. The summed E-state index contributed by atoms with van der Waals surface area (Å²) in [5.74, 6) is 1.73. The molecule has 20 heavy (non-hydrogen) atoms. The molecule has 0 radical (unpaired) electrons. The van der Waals surface area contributed by atoms with Crippen molar-refractivity contribution in [2.75, 3.05) is 0 Å². The predicted molar refractivity (Wildman–Crippen MR) is 76.1 cm³/mol. The number of fused-ring (bicyclic) bond motifs is 2. The monoisotopic (exact) mass is 276 g/mol. The van der Waals surface area contributed by atoms with Crippen molar-refractivity contribution in [1.29, 1.82) is 0 Å². The zero-order chi connectivity index (χ0) is 14.1. The van der Waals surface area contributed by atoms with Crippen molar-refractivity contribution in [1.82, 2.24) is 0 Å². The topological polar surface area (TPSA) is 43.4 Å². The third-order valence-electron chi connectivity index (χ3n) is 5.34. The van der Waals surface area contributed by atoms with E-state index in [4.69, 9.17) is 4.74 Å². The second-order valence-corrected chi connectivity index (χ2v) is 6.62. The summed E-state index contributed by atoms with van der Waals surface area (Å²) in [6.07, 6.45) is 9.63. The minimum Gasteiger partial charge on any atom is -0.459 e. The molecule has 3 heteroatoms. The van der Waals surface area contributed by atoms with E-state index in [1.165, 1.54) is 6.42 Å². The largest absolute Gasteiger partial charge is 0.459 e.